The van der Waals surface area contributed by atoms with E-state index in [0.717, 1.165) is 38.2 Å². The first kappa shape index (κ1) is 13.9. The summed E-state index contributed by atoms with van der Waals surface area (Å²) in [5.74, 6) is 1.21. The average Bonchev–Trinajstić information content (AvgIpc) is 2.56. The van der Waals surface area contributed by atoms with Gasteiger partial charge in [-0.15, -0.1) is 0 Å². The van der Waals surface area contributed by atoms with Gasteiger partial charge in [-0.25, -0.2) is 0 Å². The Morgan fingerprint density at radius 3 is 2.67 bits per heavy atom. The summed E-state index contributed by atoms with van der Waals surface area (Å²) < 4.78 is 5.97. The summed E-state index contributed by atoms with van der Waals surface area (Å²) in [5.41, 5.74) is 0. The van der Waals surface area contributed by atoms with Gasteiger partial charge in [0.25, 0.3) is 0 Å². The third-order valence-corrected chi connectivity index (χ3v) is 4.18. The van der Waals surface area contributed by atoms with Crippen molar-refractivity contribution in [3.8, 4) is 11.8 Å². The molecule has 1 heterocycles. The first-order chi connectivity index (χ1) is 10.4. The molecule has 1 aliphatic rings. The van der Waals surface area contributed by atoms with Crippen LogP contribution in [0, 0.1) is 17.2 Å². The Morgan fingerprint density at radius 2 is 1.86 bits per heavy atom. The van der Waals surface area contributed by atoms with Crippen LogP contribution in [0.15, 0.2) is 42.5 Å². The lowest BCUT2D eigenvalue weighted by Crippen LogP contribution is -2.36. The van der Waals surface area contributed by atoms with Gasteiger partial charge in [0.15, 0.2) is 0 Å². The lowest BCUT2D eigenvalue weighted by Gasteiger charge is -2.28. The maximum absolute atomic E-state index is 8.91. The number of rotatable bonds is 4. The smallest absolute Gasteiger partial charge is 0.127 e. The summed E-state index contributed by atoms with van der Waals surface area (Å²) in [6.07, 6.45) is 1.98. The van der Waals surface area contributed by atoms with Crippen molar-refractivity contribution in [3.05, 3.63) is 42.5 Å². The standard InChI is InChI=1S/C18H20N2O/c19-14-15-8-10-20(11-9-15)12-13-21-18-7-3-5-16-4-1-2-6-17(16)18/h1-7,15H,8-13H2. The fourth-order valence-corrected chi connectivity index (χ4v) is 2.89. The second-order valence-electron chi connectivity index (χ2n) is 5.57. The fraction of sp³-hybridized carbons (Fsp3) is 0.389. The Hall–Kier alpha value is -2.05. The normalized spacial score (nSPS) is 16.7. The van der Waals surface area contributed by atoms with Gasteiger partial charge in [-0.2, -0.15) is 5.26 Å². The first-order valence-electron chi connectivity index (χ1n) is 7.59. The third kappa shape index (κ3) is 3.34. The summed E-state index contributed by atoms with van der Waals surface area (Å²) in [7, 11) is 0. The third-order valence-electron chi connectivity index (χ3n) is 4.18. The zero-order valence-corrected chi connectivity index (χ0v) is 12.2. The van der Waals surface area contributed by atoms with E-state index in [4.69, 9.17) is 10.00 Å². The highest BCUT2D eigenvalue weighted by molar-refractivity contribution is 5.88. The number of hydrogen-bond donors (Lipinski definition) is 0. The molecule has 0 aliphatic carbocycles. The van der Waals surface area contributed by atoms with E-state index in [1.165, 1.54) is 10.8 Å². The minimum Gasteiger partial charge on any atom is -0.492 e. The molecule has 0 bridgehead atoms. The zero-order valence-electron chi connectivity index (χ0n) is 12.2. The van der Waals surface area contributed by atoms with E-state index in [9.17, 15) is 0 Å². The number of likely N-dealkylation sites (tertiary alicyclic amines) is 1. The highest BCUT2D eigenvalue weighted by Crippen LogP contribution is 2.25. The molecule has 1 fully saturated rings. The van der Waals surface area contributed by atoms with Crippen LogP contribution in [0.5, 0.6) is 5.75 Å². The van der Waals surface area contributed by atoms with Crippen LogP contribution in [0.4, 0.5) is 0 Å². The maximum Gasteiger partial charge on any atom is 0.127 e. The molecule has 0 saturated carbocycles. The van der Waals surface area contributed by atoms with Crippen LogP contribution < -0.4 is 4.74 Å². The van der Waals surface area contributed by atoms with Gasteiger partial charge in [0, 0.05) is 17.8 Å². The SMILES string of the molecule is N#CC1CCN(CCOc2cccc3ccccc23)CC1. The van der Waals surface area contributed by atoms with Gasteiger partial charge < -0.3 is 4.74 Å². The summed E-state index contributed by atoms with van der Waals surface area (Å²) in [4.78, 5) is 2.39. The highest BCUT2D eigenvalue weighted by Gasteiger charge is 2.18. The van der Waals surface area contributed by atoms with Crippen LogP contribution in [0.2, 0.25) is 0 Å². The molecule has 0 spiro atoms. The molecule has 3 heteroatoms. The summed E-state index contributed by atoms with van der Waals surface area (Å²) in [6.45, 7) is 3.65. The molecule has 21 heavy (non-hydrogen) atoms. The van der Waals surface area contributed by atoms with Crippen molar-refractivity contribution < 1.29 is 4.74 Å². The second kappa shape index (κ2) is 6.60. The van der Waals surface area contributed by atoms with Crippen LogP contribution in [0.3, 0.4) is 0 Å². The first-order valence-corrected chi connectivity index (χ1v) is 7.59. The second-order valence-corrected chi connectivity index (χ2v) is 5.57. The van der Waals surface area contributed by atoms with E-state index in [-0.39, 0.29) is 5.92 Å². The molecular formula is C18H20N2O. The molecule has 108 valence electrons. The summed E-state index contributed by atoms with van der Waals surface area (Å²) >= 11 is 0. The Kier molecular flexibility index (Phi) is 4.37. The number of benzene rings is 2. The molecule has 2 aromatic rings. The highest BCUT2D eigenvalue weighted by atomic mass is 16.5. The minimum atomic E-state index is 0.250. The van der Waals surface area contributed by atoms with E-state index in [1.807, 2.05) is 24.3 Å². The van der Waals surface area contributed by atoms with Crippen molar-refractivity contribution in [2.24, 2.45) is 5.92 Å². The predicted octanol–water partition coefficient (Wildman–Crippen LogP) is 3.45. The predicted molar refractivity (Wildman–Crippen MR) is 84.2 cm³/mol. The molecular weight excluding hydrogens is 260 g/mol. The monoisotopic (exact) mass is 280 g/mol. The number of fused-ring (bicyclic) bond motifs is 1. The molecule has 0 amide bonds. The summed E-state index contributed by atoms with van der Waals surface area (Å²) in [6, 6.07) is 16.8. The largest absolute Gasteiger partial charge is 0.492 e. The number of nitrogens with zero attached hydrogens (tertiary/aromatic N) is 2. The fourth-order valence-electron chi connectivity index (χ4n) is 2.89. The summed E-state index contributed by atoms with van der Waals surface area (Å²) in [5, 5.41) is 11.3. The molecule has 1 saturated heterocycles. The van der Waals surface area contributed by atoms with Gasteiger partial charge in [-0.3, -0.25) is 4.90 Å². The minimum absolute atomic E-state index is 0.250. The molecule has 0 atom stereocenters. The van der Waals surface area contributed by atoms with E-state index >= 15 is 0 Å². The van der Waals surface area contributed by atoms with Crippen LogP contribution in [-0.2, 0) is 0 Å². The van der Waals surface area contributed by atoms with E-state index < -0.39 is 0 Å². The molecule has 0 aromatic heterocycles. The van der Waals surface area contributed by atoms with Gasteiger partial charge in [-0.1, -0.05) is 36.4 Å². The molecule has 0 N–H and O–H groups in total. The van der Waals surface area contributed by atoms with Gasteiger partial charge in [0.2, 0.25) is 0 Å². The van der Waals surface area contributed by atoms with Crippen LogP contribution in [0.1, 0.15) is 12.8 Å². The molecule has 0 unspecified atom stereocenters. The van der Waals surface area contributed by atoms with Crippen LogP contribution in [-0.4, -0.2) is 31.1 Å². The van der Waals surface area contributed by atoms with Gasteiger partial charge in [0.05, 0.1) is 6.07 Å². The van der Waals surface area contributed by atoms with Crippen LogP contribution in [0.25, 0.3) is 10.8 Å². The van der Waals surface area contributed by atoms with Crippen molar-refractivity contribution in [2.75, 3.05) is 26.2 Å². The Balaban J connectivity index is 1.55. The van der Waals surface area contributed by atoms with Crippen molar-refractivity contribution >= 4 is 10.8 Å². The molecule has 2 aromatic carbocycles. The van der Waals surface area contributed by atoms with Crippen LogP contribution >= 0.6 is 0 Å². The Morgan fingerprint density at radius 1 is 1.10 bits per heavy atom. The van der Waals surface area contributed by atoms with E-state index in [0.29, 0.717) is 6.61 Å². The van der Waals surface area contributed by atoms with Crippen molar-refractivity contribution in [1.82, 2.24) is 4.90 Å². The number of nitriles is 1. The van der Waals surface area contributed by atoms with Crippen molar-refractivity contribution in [2.45, 2.75) is 12.8 Å². The van der Waals surface area contributed by atoms with E-state index in [1.54, 1.807) is 0 Å². The number of ether oxygens (including phenoxy) is 1. The Labute approximate surface area is 125 Å². The maximum atomic E-state index is 8.91. The van der Waals surface area contributed by atoms with Gasteiger partial charge in [0.1, 0.15) is 12.4 Å². The number of hydrogen-bond acceptors (Lipinski definition) is 3. The van der Waals surface area contributed by atoms with Crippen molar-refractivity contribution in [1.29, 1.82) is 5.26 Å². The lowest BCUT2D eigenvalue weighted by atomic mass is 9.99. The molecule has 1 aliphatic heterocycles. The van der Waals surface area contributed by atoms with Crippen molar-refractivity contribution in [3.63, 3.8) is 0 Å². The van der Waals surface area contributed by atoms with Gasteiger partial charge in [-0.05, 0) is 37.4 Å². The molecule has 3 rings (SSSR count). The van der Waals surface area contributed by atoms with E-state index in [2.05, 4.69) is 29.2 Å². The number of piperidine rings is 1. The van der Waals surface area contributed by atoms with Gasteiger partial charge >= 0.3 is 0 Å². The lowest BCUT2D eigenvalue weighted by molar-refractivity contribution is 0.170. The molecule has 0 radical (unpaired) electrons. The Bertz CT molecular complexity index is 634. The molecule has 3 nitrogen and oxygen atoms in total. The average molecular weight is 280 g/mol. The topological polar surface area (TPSA) is 36.3 Å². The zero-order chi connectivity index (χ0) is 14.5. The quantitative estimate of drug-likeness (QED) is 0.860.